The van der Waals surface area contributed by atoms with E-state index in [0.717, 1.165) is 67.3 Å². The third-order valence-electron chi connectivity index (χ3n) is 15.3. The van der Waals surface area contributed by atoms with Crippen molar-refractivity contribution in [2.45, 2.75) is 78.6 Å². The second-order valence-corrected chi connectivity index (χ2v) is 23.8. The highest BCUT2D eigenvalue weighted by atomic mass is 16.5. The van der Waals surface area contributed by atoms with Gasteiger partial charge in [0.05, 0.1) is 28.1 Å². The third-order valence-corrected chi connectivity index (χ3v) is 15.3. The van der Waals surface area contributed by atoms with Gasteiger partial charge in [0, 0.05) is 51.5 Å². The molecule has 1 aliphatic rings. The van der Waals surface area contributed by atoms with Crippen molar-refractivity contribution >= 4 is 44.6 Å². The van der Waals surface area contributed by atoms with Gasteiger partial charge in [-0.3, -0.25) is 4.57 Å². The van der Waals surface area contributed by atoms with Crippen molar-refractivity contribution in [3.05, 3.63) is 241 Å². The maximum atomic E-state index is 6.98. The average Bonchev–Trinajstić information content (AvgIpc) is 4.00. The molecule has 12 rings (SSSR count). The molecular formula is C72H66N4O. The van der Waals surface area contributed by atoms with Gasteiger partial charge in [-0.1, -0.05) is 214 Å². The maximum Gasteiger partial charge on any atom is 0.137 e. The summed E-state index contributed by atoms with van der Waals surface area (Å²) in [6.07, 6.45) is 2.05. The number of aromatic nitrogens is 2. The molecule has 11 aromatic rings. The standard InChI is InChI=1S/C72H66N4O/c1-70(2,3)53-39-52(40-54(42-53)71(4,5)6)59-32-22-31-58(49-25-15-11-16-26-49)69(59)75-47-74(65-33-19-20-34-66(65)75)55-29-21-30-56(43-55)77-57-36-37-60-61-41-51(48-23-13-10-14-24-48)35-38-64(61)76(67(60)44-57)68-45-63(72(7,8)9)62(46-73-68)50-27-17-12-18-28-50/h10-46H,47H2,1-9H3. The summed E-state index contributed by atoms with van der Waals surface area (Å²) in [5.41, 5.74) is 19.8. The molecule has 0 bridgehead atoms. The fourth-order valence-electron chi connectivity index (χ4n) is 11.2. The van der Waals surface area contributed by atoms with Gasteiger partial charge < -0.3 is 14.5 Å². The fraction of sp³-hybridized carbons (Fsp3) is 0.181. The van der Waals surface area contributed by atoms with E-state index in [2.05, 4.69) is 301 Å². The number of benzene rings is 9. The molecule has 0 N–H and O–H groups in total. The molecule has 2 aromatic heterocycles. The predicted molar refractivity (Wildman–Crippen MR) is 325 cm³/mol. The number of hydrogen-bond donors (Lipinski definition) is 0. The zero-order chi connectivity index (χ0) is 53.2. The van der Waals surface area contributed by atoms with Crippen LogP contribution in [0.25, 0.3) is 72.1 Å². The molecule has 0 unspecified atom stereocenters. The summed E-state index contributed by atoms with van der Waals surface area (Å²) >= 11 is 0. The van der Waals surface area contributed by atoms with Crippen LogP contribution < -0.4 is 14.5 Å². The highest BCUT2D eigenvalue weighted by molar-refractivity contribution is 6.11. The molecule has 0 atom stereocenters. The number of fused-ring (bicyclic) bond motifs is 4. The summed E-state index contributed by atoms with van der Waals surface area (Å²) in [5, 5.41) is 2.29. The zero-order valence-corrected chi connectivity index (χ0v) is 45.8. The molecule has 0 aliphatic carbocycles. The highest BCUT2D eigenvalue weighted by Gasteiger charge is 2.32. The second-order valence-electron chi connectivity index (χ2n) is 23.8. The minimum atomic E-state index is -0.143. The van der Waals surface area contributed by atoms with Crippen LogP contribution in [0.3, 0.4) is 0 Å². The largest absolute Gasteiger partial charge is 0.457 e. The van der Waals surface area contributed by atoms with E-state index in [4.69, 9.17) is 9.72 Å². The van der Waals surface area contributed by atoms with Gasteiger partial charge in [-0.2, -0.15) is 0 Å². The molecule has 5 heteroatoms. The van der Waals surface area contributed by atoms with Crippen molar-refractivity contribution in [2.24, 2.45) is 0 Å². The van der Waals surface area contributed by atoms with Crippen molar-refractivity contribution < 1.29 is 4.74 Å². The van der Waals surface area contributed by atoms with Crippen molar-refractivity contribution in [1.82, 2.24) is 9.55 Å². The minimum Gasteiger partial charge on any atom is -0.457 e. The van der Waals surface area contributed by atoms with Gasteiger partial charge in [0.25, 0.3) is 0 Å². The maximum absolute atomic E-state index is 6.98. The molecule has 3 heterocycles. The first-order chi connectivity index (χ1) is 37.1. The van der Waals surface area contributed by atoms with Gasteiger partial charge >= 0.3 is 0 Å². The monoisotopic (exact) mass is 1000 g/mol. The smallest absolute Gasteiger partial charge is 0.137 e. The van der Waals surface area contributed by atoms with Gasteiger partial charge in [0.2, 0.25) is 0 Å². The Balaban J connectivity index is 0.951. The first-order valence-corrected chi connectivity index (χ1v) is 27.0. The van der Waals surface area contributed by atoms with E-state index in [-0.39, 0.29) is 16.2 Å². The number of nitrogens with zero attached hydrogens (tertiary/aromatic N) is 4. The Bertz CT molecular complexity index is 3950. The summed E-state index contributed by atoms with van der Waals surface area (Å²) < 4.78 is 9.29. The SMILES string of the molecule is CC(C)(C)c1cc(-c2cccc(-c3ccccc3)c2N2CN(c3cccc(Oc4ccc5c6cc(-c7ccccc7)ccc6n(-c6cc(C(C)(C)C)c(-c7ccccc7)cn6)c5c4)c3)c3ccccc32)cc(C(C)(C)C)c1. The first kappa shape index (κ1) is 49.2. The van der Waals surface area contributed by atoms with Crippen LogP contribution in [-0.2, 0) is 16.2 Å². The summed E-state index contributed by atoms with van der Waals surface area (Å²) in [4.78, 5) is 10.2. The second kappa shape index (κ2) is 19.2. The molecule has 380 valence electrons. The van der Waals surface area contributed by atoms with Crippen LogP contribution in [-0.4, -0.2) is 16.2 Å². The summed E-state index contributed by atoms with van der Waals surface area (Å²) in [7, 11) is 0. The Labute approximate surface area is 454 Å². The fourth-order valence-corrected chi connectivity index (χ4v) is 11.2. The number of hydrogen-bond acceptors (Lipinski definition) is 4. The highest BCUT2D eigenvalue weighted by Crippen LogP contribution is 2.51. The van der Waals surface area contributed by atoms with Crippen LogP contribution in [0.15, 0.2) is 225 Å². The van der Waals surface area contributed by atoms with Gasteiger partial charge in [0.1, 0.15) is 24.0 Å². The number of pyridine rings is 1. The number of para-hydroxylation sites is 3. The van der Waals surface area contributed by atoms with Crippen LogP contribution in [0.1, 0.15) is 79.0 Å². The lowest BCUT2D eigenvalue weighted by atomic mass is 9.78. The zero-order valence-electron chi connectivity index (χ0n) is 45.8. The molecule has 0 saturated heterocycles. The van der Waals surface area contributed by atoms with Gasteiger partial charge in [-0.25, -0.2) is 4.98 Å². The van der Waals surface area contributed by atoms with Crippen molar-refractivity contribution in [1.29, 1.82) is 0 Å². The van der Waals surface area contributed by atoms with Crippen LogP contribution >= 0.6 is 0 Å². The van der Waals surface area contributed by atoms with Crippen LogP contribution in [0, 0.1) is 0 Å². The van der Waals surface area contributed by atoms with Crippen molar-refractivity contribution in [3.8, 4) is 61.8 Å². The van der Waals surface area contributed by atoms with E-state index < -0.39 is 0 Å². The summed E-state index contributed by atoms with van der Waals surface area (Å²) in [6, 6.07) is 79.1. The van der Waals surface area contributed by atoms with E-state index in [1.165, 1.54) is 55.8 Å². The van der Waals surface area contributed by atoms with E-state index in [9.17, 15) is 0 Å². The lowest BCUT2D eigenvalue weighted by molar-refractivity contribution is 0.483. The lowest BCUT2D eigenvalue weighted by Crippen LogP contribution is -2.25. The minimum absolute atomic E-state index is 0.0312. The molecule has 0 amide bonds. The first-order valence-electron chi connectivity index (χ1n) is 27.0. The van der Waals surface area contributed by atoms with E-state index in [1.54, 1.807) is 0 Å². The Morgan fingerprint density at radius 1 is 0.390 bits per heavy atom. The predicted octanol–water partition coefficient (Wildman–Crippen LogP) is 19.8. The Morgan fingerprint density at radius 3 is 1.60 bits per heavy atom. The van der Waals surface area contributed by atoms with Gasteiger partial charge in [0.15, 0.2) is 0 Å². The Morgan fingerprint density at radius 2 is 0.961 bits per heavy atom. The normalized spacial score (nSPS) is 12.9. The topological polar surface area (TPSA) is 33.5 Å². The number of rotatable bonds is 9. The summed E-state index contributed by atoms with van der Waals surface area (Å²) in [5.74, 6) is 2.37. The van der Waals surface area contributed by atoms with E-state index in [0.29, 0.717) is 6.67 Å². The van der Waals surface area contributed by atoms with Crippen LogP contribution in [0.4, 0.5) is 22.7 Å². The molecule has 0 fully saturated rings. The third kappa shape index (κ3) is 9.35. The molecule has 0 radical (unpaired) electrons. The van der Waals surface area contributed by atoms with Gasteiger partial charge in [-0.15, -0.1) is 0 Å². The molecule has 9 aromatic carbocycles. The van der Waals surface area contributed by atoms with Gasteiger partial charge in [-0.05, 0) is 115 Å². The van der Waals surface area contributed by atoms with E-state index >= 15 is 0 Å². The summed E-state index contributed by atoms with van der Waals surface area (Å²) in [6.45, 7) is 21.4. The molecular weight excluding hydrogens is 937 g/mol. The molecule has 0 spiro atoms. The molecule has 0 saturated carbocycles. The van der Waals surface area contributed by atoms with Crippen molar-refractivity contribution in [3.63, 3.8) is 0 Å². The van der Waals surface area contributed by atoms with Crippen LogP contribution in [0.5, 0.6) is 11.5 Å². The molecule has 5 nitrogen and oxygen atoms in total. The van der Waals surface area contributed by atoms with E-state index in [1.807, 2.05) is 0 Å². The van der Waals surface area contributed by atoms with Crippen LogP contribution in [0.2, 0.25) is 0 Å². The quantitative estimate of drug-likeness (QED) is 0.144. The Hall–Kier alpha value is -8.67. The number of anilines is 4. The molecule has 1 aliphatic heterocycles. The molecule has 77 heavy (non-hydrogen) atoms. The number of ether oxygens (including phenoxy) is 1. The average molecular weight is 1000 g/mol. The lowest BCUT2D eigenvalue weighted by Gasteiger charge is -2.29. The van der Waals surface area contributed by atoms with Crippen molar-refractivity contribution in [2.75, 3.05) is 16.5 Å². The Kier molecular flexibility index (Phi) is 12.3.